The fourth-order valence-electron chi connectivity index (χ4n) is 3.90. The molecule has 2 aromatic carbocycles. The van der Waals surface area contributed by atoms with Crippen LogP contribution in [-0.2, 0) is 14.3 Å². The highest BCUT2D eigenvalue weighted by molar-refractivity contribution is 6.46. The fourth-order valence-corrected chi connectivity index (χ4v) is 4.14. The second kappa shape index (κ2) is 10.8. The first-order valence-electron chi connectivity index (χ1n) is 10.7. The standard InChI is InChI=1S/C25H28ClNO7/c1-14(2)34-11-10-27-22(15-8-6-7-9-18(15)31-3)21(24(29)25(27)30)23(28)16-12-17(26)20(33-5)13-19(16)32-4/h6-9,12-14,22,28H,10-11H2,1-5H3/b23-21+. The van der Waals surface area contributed by atoms with Gasteiger partial charge in [-0.15, -0.1) is 0 Å². The molecule has 1 heterocycles. The molecule has 34 heavy (non-hydrogen) atoms. The summed E-state index contributed by atoms with van der Waals surface area (Å²) in [7, 11) is 4.37. The van der Waals surface area contributed by atoms with Crippen molar-refractivity contribution in [2.45, 2.75) is 26.0 Å². The molecule has 1 aliphatic rings. The Bertz CT molecular complexity index is 1110. The Morgan fingerprint density at radius 2 is 1.68 bits per heavy atom. The van der Waals surface area contributed by atoms with E-state index in [-0.39, 0.29) is 41.2 Å². The molecule has 9 heteroatoms. The second-order valence-corrected chi connectivity index (χ2v) is 8.25. The minimum atomic E-state index is -0.905. The van der Waals surface area contributed by atoms with Crippen LogP contribution in [0.15, 0.2) is 42.0 Å². The summed E-state index contributed by atoms with van der Waals surface area (Å²) in [6.45, 7) is 4.12. The van der Waals surface area contributed by atoms with Crippen LogP contribution in [0.25, 0.3) is 5.76 Å². The highest BCUT2D eigenvalue weighted by atomic mass is 35.5. The molecule has 1 aliphatic heterocycles. The lowest BCUT2D eigenvalue weighted by Crippen LogP contribution is -2.33. The number of carbonyl (C=O) groups is 2. The van der Waals surface area contributed by atoms with Crippen molar-refractivity contribution in [1.82, 2.24) is 4.90 Å². The van der Waals surface area contributed by atoms with Gasteiger partial charge < -0.3 is 29.0 Å². The molecule has 1 unspecified atom stereocenters. The van der Waals surface area contributed by atoms with Crippen LogP contribution in [0.4, 0.5) is 0 Å². The van der Waals surface area contributed by atoms with Crippen LogP contribution in [0.2, 0.25) is 5.02 Å². The van der Waals surface area contributed by atoms with Crippen molar-refractivity contribution in [2.75, 3.05) is 34.5 Å². The number of Topliss-reactive ketones (excluding diaryl/α,β-unsaturated/α-hetero) is 1. The van der Waals surface area contributed by atoms with Gasteiger partial charge in [0.1, 0.15) is 23.0 Å². The lowest BCUT2D eigenvalue weighted by atomic mass is 9.94. The molecule has 2 aromatic rings. The molecular weight excluding hydrogens is 462 g/mol. The predicted octanol–water partition coefficient (Wildman–Crippen LogP) is 4.21. The second-order valence-electron chi connectivity index (χ2n) is 7.84. The molecule has 0 bridgehead atoms. The van der Waals surface area contributed by atoms with E-state index in [9.17, 15) is 14.7 Å². The Hall–Kier alpha value is -3.23. The van der Waals surface area contributed by atoms with Crippen LogP contribution in [0, 0.1) is 0 Å². The summed E-state index contributed by atoms with van der Waals surface area (Å²) < 4.78 is 21.7. The molecule has 1 N–H and O–H groups in total. The van der Waals surface area contributed by atoms with E-state index in [2.05, 4.69) is 0 Å². The van der Waals surface area contributed by atoms with E-state index in [1.165, 1.54) is 38.4 Å². The van der Waals surface area contributed by atoms with Crippen LogP contribution in [0.3, 0.4) is 0 Å². The van der Waals surface area contributed by atoms with Crippen LogP contribution < -0.4 is 14.2 Å². The van der Waals surface area contributed by atoms with Gasteiger partial charge in [0.25, 0.3) is 11.7 Å². The first-order valence-corrected chi connectivity index (χ1v) is 11.1. The van der Waals surface area contributed by atoms with E-state index in [0.717, 1.165) is 0 Å². The quantitative estimate of drug-likeness (QED) is 0.320. The molecule has 0 aliphatic carbocycles. The van der Waals surface area contributed by atoms with Gasteiger partial charge in [0.2, 0.25) is 0 Å². The average molecular weight is 490 g/mol. The minimum Gasteiger partial charge on any atom is -0.507 e. The normalized spacial score (nSPS) is 17.4. The summed E-state index contributed by atoms with van der Waals surface area (Å²) in [5, 5.41) is 11.6. The third-order valence-corrected chi connectivity index (χ3v) is 5.78. The largest absolute Gasteiger partial charge is 0.507 e. The summed E-state index contributed by atoms with van der Waals surface area (Å²) in [6, 6.07) is 9.06. The van der Waals surface area contributed by atoms with Gasteiger partial charge in [-0.25, -0.2) is 0 Å². The zero-order valence-electron chi connectivity index (χ0n) is 19.8. The van der Waals surface area contributed by atoms with Crippen LogP contribution >= 0.6 is 11.6 Å². The number of hydrogen-bond acceptors (Lipinski definition) is 7. The smallest absolute Gasteiger partial charge is 0.295 e. The molecule has 1 saturated heterocycles. The highest BCUT2D eigenvalue weighted by Gasteiger charge is 2.47. The molecule has 182 valence electrons. The summed E-state index contributed by atoms with van der Waals surface area (Å²) in [5.41, 5.74) is 0.608. The number of para-hydroxylation sites is 1. The number of halogens is 1. The maximum Gasteiger partial charge on any atom is 0.295 e. The Kier molecular flexibility index (Phi) is 8.06. The predicted molar refractivity (Wildman–Crippen MR) is 128 cm³/mol. The number of aliphatic hydroxyl groups is 1. The molecule has 8 nitrogen and oxygen atoms in total. The minimum absolute atomic E-state index is 0.0489. The van der Waals surface area contributed by atoms with Crippen molar-refractivity contribution >= 4 is 29.1 Å². The SMILES string of the molecule is COc1cc(OC)c(/C(O)=C2\C(=O)C(=O)N(CCOC(C)C)C2c2ccccc2OC)cc1Cl. The molecule has 1 atom stereocenters. The van der Waals surface area contributed by atoms with Gasteiger partial charge in [0, 0.05) is 18.2 Å². The maximum atomic E-state index is 13.2. The third kappa shape index (κ3) is 4.83. The lowest BCUT2D eigenvalue weighted by molar-refractivity contribution is -0.140. The molecule has 0 radical (unpaired) electrons. The number of carbonyl (C=O) groups excluding carboxylic acids is 2. The molecular formula is C25H28ClNO7. The van der Waals surface area contributed by atoms with Crippen LogP contribution in [0.1, 0.15) is 31.0 Å². The van der Waals surface area contributed by atoms with Crippen molar-refractivity contribution in [3.05, 3.63) is 58.1 Å². The topological polar surface area (TPSA) is 94.5 Å². The van der Waals surface area contributed by atoms with Gasteiger partial charge in [-0.2, -0.15) is 0 Å². The van der Waals surface area contributed by atoms with Gasteiger partial charge in [0.05, 0.1) is 56.2 Å². The van der Waals surface area contributed by atoms with Crippen LogP contribution in [-0.4, -0.2) is 62.3 Å². The van der Waals surface area contributed by atoms with Crippen molar-refractivity contribution in [1.29, 1.82) is 0 Å². The average Bonchev–Trinajstić information content (AvgIpc) is 3.08. The number of methoxy groups -OCH3 is 3. The number of nitrogens with zero attached hydrogens (tertiary/aromatic N) is 1. The third-order valence-electron chi connectivity index (χ3n) is 5.49. The van der Waals surface area contributed by atoms with E-state index in [1.807, 2.05) is 13.8 Å². The summed E-state index contributed by atoms with van der Waals surface area (Å²) in [4.78, 5) is 27.7. The number of rotatable bonds is 9. The number of hydrogen-bond donors (Lipinski definition) is 1. The molecule has 0 spiro atoms. The first kappa shape index (κ1) is 25.4. The number of benzene rings is 2. The summed E-state index contributed by atoms with van der Waals surface area (Å²) in [6.07, 6.45) is -0.0489. The number of likely N-dealkylation sites (tertiary alicyclic amines) is 1. The summed E-state index contributed by atoms with van der Waals surface area (Å²) >= 11 is 6.29. The van der Waals surface area contributed by atoms with E-state index in [1.54, 1.807) is 24.3 Å². The van der Waals surface area contributed by atoms with E-state index in [0.29, 0.717) is 17.1 Å². The molecule has 3 rings (SSSR count). The van der Waals surface area contributed by atoms with Gasteiger partial charge in [0.15, 0.2) is 0 Å². The zero-order chi connectivity index (χ0) is 25.0. The Morgan fingerprint density at radius 3 is 2.29 bits per heavy atom. The molecule has 1 fully saturated rings. The molecule has 1 amide bonds. The van der Waals surface area contributed by atoms with Crippen molar-refractivity contribution in [3.8, 4) is 17.2 Å². The van der Waals surface area contributed by atoms with Gasteiger partial charge in [-0.1, -0.05) is 29.8 Å². The van der Waals surface area contributed by atoms with Crippen molar-refractivity contribution in [2.24, 2.45) is 0 Å². The number of amides is 1. The summed E-state index contributed by atoms with van der Waals surface area (Å²) in [5.74, 6) is -0.956. The van der Waals surface area contributed by atoms with Gasteiger partial charge in [-0.3, -0.25) is 9.59 Å². The number of aliphatic hydroxyl groups excluding tert-OH is 1. The van der Waals surface area contributed by atoms with E-state index < -0.39 is 23.5 Å². The van der Waals surface area contributed by atoms with Gasteiger partial charge >= 0.3 is 0 Å². The Balaban J connectivity index is 2.22. The number of ketones is 1. The van der Waals surface area contributed by atoms with Crippen LogP contribution in [0.5, 0.6) is 17.2 Å². The van der Waals surface area contributed by atoms with Crippen molar-refractivity contribution < 1.29 is 33.6 Å². The monoisotopic (exact) mass is 489 g/mol. The fraction of sp³-hybridized carbons (Fsp3) is 0.360. The van der Waals surface area contributed by atoms with E-state index in [4.69, 9.17) is 30.5 Å². The lowest BCUT2D eigenvalue weighted by Gasteiger charge is -2.27. The first-order chi connectivity index (χ1) is 16.2. The maximum absolute atomic E-state index is 13.2. The Morgan fingerprint density at radius 1 is 1.03 bits per heavy atom. The number of ether oxygens (including phenoxy) is 4. The molecule has 0 aromatic heterocycles. The van der Waals surface area contributed by atoms with Gasteiger partial charge in [-0.05, 0) is 26.0 Å². The Labute approximate surface area is 203 Å². The van der Waals surface area contributed by atoms with E-state index >= 15 is 0 Å². The highest BCUT2D eigenvalue weighted by Crippen LogP contribution is 2.44. The molecule has 0 saturated carbocycles. The zero-order valence-corrected chi connectivity index (χ0v) is 20.5. The van der Waals surface area contributed by atoms with Crippen molar-refractivity contribution in [3.63, 3.8) is 0 Å².